The highest BCUT2D eigenvalue weighted by molar-refractivity contribution is 8.00. The predicted molar refractivity (Wildman–Crippen MR) is 216 cm³/mol. The molecule has 9 heteroatoms. The van der Waals surface area contributed by atoms with Gasteiger partial charge >= 0.3 is 5.97 Å². The van der Waals surface area contributed by atoms with Gasteiger partial charge in [0.2, 0.25) is 5.91 Å². The number of amides is 3. The number of benzene rings is 6. The van der Waals surface area contributed by atoms with Crippen molar-refractivity contribution in [1.82, 2.24) is 5.32 Å². The Labute approximate surface area is 318 Å². The predicted octanol–water partition coefficient (Wildman–Crippen LogP) is 9.68. The molecule has 0 fully saturated rings. The Morgan fingerprint density at radius 3 is 2.02 bits per heavy atom. The van der Waals surface area contributed by atoms with Crippen LogP contribution >= 0.6 is 11.8 Å². The van der Waals surface area contributed by atoms with E-state index in [1.165, 1.54) is 11.8 Å². The molecule has 0 spiro atoms. The monoisotopic (exact) mass is 733 g/mol. The normalized spacial score (nSPS) is 11.7. The van der Waals surface area contributed by atoms with E-state index in [0.29, 0.717) is 29.1 Å². The molecule has 0 aliphatic rings. The van der Waals surface area contributed by atoms with E-state index in [0.717, 1.165) is 39.6 Å². The third-order valence-corrected chi connectivity index (χ3v) is 9.74. The number of unbranched alkanes of at least 4 members (excludes halogenated alkanes) is 1. The Bertz CT molecular complexity index is 2250. The molecule has 6 rings (SSSR count). The van der Waals surface area contributed by atoms with Gasteiger partial charge in [0.15, 0.2) is 0 Å². The van der Waals surface area contributed by atoms with Crippen molar-refractivity contribution in [1.29, 1.82) is 0 Å². The summed E-state index contributed by atoms with van der Waals surface area (Å²) in [5.41, 5.74) is 3.58. The number of rotatable bonds is 14. The van der Waals surface area contributed by atoms with E-state index in [4.69, 9.17) is 4.74 Å². The maximum Gasteiger partial charge on any atom is 0.338 e. The van der Waals surface area contributed by atoms with Crippen molar-refractivity contribution in [3.05, 3.63) is 180 Å². The topological polar surface area (TPSA) is 114 Å². The Morgan fingerprint density at radius 1 is 0.667 bits per heavy atom. The average molecular weight is 734 g/mol. The fourth-order valence-electron chi connectivity index (χ4n) is 5.62. The van der Waals surface area contributed by atoms with E-state index in [9.17, 15) is 19.2 Å². The maximum absolute atomic E-state index is 13.8. The molecule has 1 atom stereocenters. The fourth-order valence-corrected chi connectivity index (χ4v) is 6.64. The first-order valence-corrected chi connectivity index (χ1v) is 18.5. The molecule has 0 aliphatic carbocycles. The third-order valence-electron chi connectivity index (χ3n) is 8.48. The largest absolute Gasteiger partial charge is 0.462 e. The van der Waals surface area contributed by atoms with Gasteiger partial charge in [0.1, 0.15) is 10.9 Å². The second-order valence-corrected chi connectivity index (χ2v) is 13.6. The molecule has 0 heterocycles. The molecule has 0 aromatic heterocycles. The van der Waals surface area contributed by atoms with Gasteiger partial charge in [-0.05, 0) is 95.1 Å². The number of carbonyl (C=O) groups excluding carboxylic acids is 4. The van der Waals surface area contributed by atoms with E-state index in [-0.39, 0.29) is 11.6 Å². The molecule has 0 saturated carbocycles. The van der Waals surface area contributed by atoms with Crippen molar-refractivity contribution < 1.29 is 23.9 Å². The van der Waals surface area contributed by atoms with Gasteiger partial charge in [-0.15, -0.1) is 11.8 Å². The Hall–Kier alpha value is -6.45. The van der Waals surface area contributed by atoms with Gasteiger partial charge < -0.3 is 20.7 Å². The van der Waals surface area contributed by atoms with Crippen LogP contribution in [-0.2, 0) is 14.3 Å². The van der Waals surface area contributed by atoms with Crippen LogP contribution in [0.4, 0.5) is 11.4 Å². The van der Waals surface area contributed by atoms with Crippen molar-refractivity contribution in [2.45, 2.75) is 29.9 Å². The molecule has 3 N–H and O–H groups in total. The van der Waals surface area contributed by atoms with Crippen LogP contribution in [0.15, 0.2) is 162 Å². The third kappa shape index (κ3) is 9.90. The lowest BCUT2D eigenvalue weighted by molar-refractivity contribution is -0.116. The van der Waals surface area contributed by atoms with E-state index in [1.807, 2.05) is 97.9 Å². The molecule has 0 saturated heterocycles. The highest BCUT2D eigenvalue weighted by atomic mass is 32.2. The summed E-state index contributed by atoms with van der Waals surface area (Å²) in [5, 5.41) is 10.1. The molecular formula is C45H39N3O5S. The molecule has 270 valence electrons. The first-order chi connectivity index (χ1) is 26.4. The Balaban J connectivity index is 1.17. The first kappa shape index (κ1) is 37.3. The number of carbonyl (C=O) groups is 4. The zero-order chi connectivity index (χ0) is 37.7. The van der Waals surface area contributed by atoms with Gasteiger partial charge in [0.25, 0.3) is 11.8 Å². The minimum Gasteiger partial charge on any atom is -0.462 e. The van der Waals surface area contributed by atoms with Crippen molar-refractivity contribution >= 4 is 63.7 Å². The number of nitrogens with one attached hydrogen (secondary N) is 3. The zero-order valence-electron chi connectivity index (χ0n) is 29.7. The summed E-state index contributed by atoms with van der Waals surface area (Å²) in [6.45, 7) is 2.40. The average Bonchev–Trinajstić information content (AvgIpc) is 3.21. The summed E-state index contributed by atoms with van der Waals surface area (Å²) in [5.74, 6) is -1.53. The smallest absolute Gasteiger partial charge is 0.338 e. The van der Waals surface area contributed by atoms with E-state index >= 15 is 0 Å². The van der Waals surface area contributed by atoms with Crippen LogP contribution in [0.25, 0.3) is 16.8 Å². The van der Waals surface area contributed by atoms with Gasteiger partial charge in [-0.2, -0.15) is 0 Å². The lowest BCUT2D eigenvalue weighted by Crippen LogP contribution is -2.30. The molecule has 8 nitrogen and oxygen atoms in total. The quantitative estimate of drug-likeness (QED) is 0.0445. The zero-order valence-corrected chi connectivity index (χ0v) is 30.5. The summed E-state index contributed by atoms with van der Waals surface area (Å²) in [6, 6.07) is 45.6. The van der Waals surface area contributed by atoms with Crippen LogP contribution in [0.3, 0.4) is 0 Å². The van der Waals surface area contributed by atoms with Crippen LogP contribution < -0.4 is 16.0 Å². The summed E-state index contributed by atoms with van der Waals surface area (Å²) >= 11 is 1.36. The minimum atomic E-state index is -0.603. The lowest BCUT2D eigenvalue weighted by Gasteiger charge is -2.18. The van der Waals surface area contributed by atoms with Crippen molar-refractivity contribution in [3.63, 3.8) is 0 Å². The van der Waals surface area contributed by atoms with E-state index in [2.05, 4.69) is 16.0 Å². The summed E-state index contributed by atoms with van der Waals surface area (Å²) in [4.78, 5) is 53.8. The van der Waals surface area contributed by atoms with Crippen LogP contribution in [0, 0.1) is 0 Å². The minimum absolute atomic E-state index is 0.0842. The van der Waals surface area contributed by atoms with Crippen LogP contribution in [0.2, 0.25) is 0 Å². The van der Waals surface area contributed by atoms with Crippen LogP contribution in [0.5, 0.6) is 0 Å². The molecule has 54 heavy (non-hydrogen) atoms. The molecule has 0 bridgehead atoms. The Morgan fingerprint density at radius 2 is 1.30 bits per heavy atom. The standard InChI is InChI=1S/C45H39N3O5S/c1-2-3-29-53-45(52)34-21-23-36(24-22-34)47-44(51)41(32-14-6-4-7-15-32)54-38-27-25-37(26-28-38)46-43(50)40(48-42(49)33-16-8-5-9-17-33)30-35-19-12-18-31-13-10-11-20-39(31)35/h4-28,30,41H,2-3,29H2,1H3,(H,46,50)(H,47,51)(H,48,49)/b40-30-. The van der Waals surface area contributed by atoms with E-state index < -0.39 is 23.0 Å². The molecule has 3 amide bonds. The second-order valence-electron chi connectivity index (χ2n) is 12.4. The second kappa shape index (κ2) is 18.3. The number of anilines is 2. The summed E-state index contributed by atoms with van der Waals surface area (Å²) in [7, 11) is 0. The number of esters is 1. The molecule has 1 unspecified atom stereocenters. The fraction of sp³-hybridized carbons (Fsp3) is 0.111. The van der Waals surface area contributed by atoms with Gasteiger partial charge in [0, 0.05) is 21.8 Å². The number of thioether (sulfide) groups is 1. The molecular weight excluding hydrogens is 695 g/mol. The number of ether oxygens (including phenoxy) is 1. The number of hydrogen-bond acceptors (Lipinski definition) is 6. The first-order valence-electron chi connectivity index (χ1n) is 17.6. The van der Waals surface area contributed by atoms with Gasteiger partial charge in [0.05, 0.1) is 12.2 Å². The van der Waals surface area contributed by atoms with Crippen LogP contribution in [0.1, 0.15) is 56.9 Å². The van der Waals surface area contributed by atoms with Gasteiger partial charge in [-0.25, -0.2) is 4.79 Å². The SMILES string of the molecule is CCCCOC(=O)c1ccc(NC(=O)C(Sc2ccc(NC(=O)/C(=C/c3cccc4ccccc34)NC(=O)c3ccccc3)cc2)c2ccccc2)cc1. The van der Waals surface area contributed by atoms with Crippen molar-refractivity contribution in [2.75, 3.05) is 17.2 Å². The molecule has 6 aromatic rings. The maximum atomic E-state index is 13.8. The number of hydrogen-bond donors (Lipinski definition) is 3. The lowest BCUT2D eigenvalue weighted by atomic mass is 10.0. The van der Waals surface area contributed by atoms with Crippen molar-refractivity contribution in [2.24, 2.45) is 0 Å². The Kier molecular flexibility index (Phi) is 12.7. The van der Waals surface area contributed by atoms with Crippen LogP contribution in [-0.4, -0.2) is 30.3 Å². The van der Waals surface area contributed by atoms with E-state index in [1.54, 1.807) is 66.7 Å². The van der Waals surface area contributed by atoms with Gasteiger partial charge in [-0.1, -0.05) is 104 Å². The highest BCUT2D eigenvalue weighted by Gasteiger charge is 2.23. The highest BCUT2D eigenvalue weighted by Crippen LogP contribution is 2.37. The molecule has 0 aliphatic heterocycles. The summed E-state index contributed by atoms with van der Waals surface area (Å²) in [6.07, 6.45) is 3.41. The van der Waals surface area contributed by atoms with Gasteiger partial charge in [-0.3, -0.25) is 14.4 Å². The molecule has 6 aromatic carbocycles. The number of fused-ring (bicyclic) bond motifs is 1. The summed E-state index contributed by atoms with van der Waals surface area (Å²) < 4.78 is 5.29. The van der Waals surface area contributed by atoms with Crippen molar-refractivity contribution in [3.8, 4) is 0 Å². The molecule has 0 radical (unpaired) electrons.